The first-order valence-electron chi connectivity index (χ1n) is 6.55. The van der Waals surface area contributed by atoms with E-state index in [4.69, 9.17) is 9.84 Å². The third-order valence-electron chi connectivity index (χ3n) is 3.50. The molecule has 0 aromatic heterocycles. The number of ether oxygens (including phenoxy) is 1. The molecule has 0 aromatic rings. The zero-order valence-electron chi connectivity index (χ0n) is 11.1. The molecule has 5 heteroatoms. The summed E-state index contributed by atoms with van der Waals surface area (Å²) in [5, 5.41) is 12.0. The Morgan fingerprint density at radius 2 is 1.94 bits per heavy atom. The molecule has 18 heavy (non-hydrogen) atoms. The number of nitrogens with one attached hydrogen (secondary N) is 1. The maximum Gasteiger partial charge on any atom is 0.307 e. The van der Waals surface area contributed by atoms with Crippen LogP contribution in [0.2, 0.25) is 0 Å². The van der Waals surface area contributed by atoms with Gasteiger partial charge in [0.15, 0.2) is 0 Å². The summed E-state index contributed by atoms with van der Waals surface area (Å²) in [5.74, 6) is -1.61. The summed E-state index contributed by atoms with van der Waals surface area (Å²) in [6.07, 6.45) is 3.14. The fourth-order valence-corrected chi connectivity index (χ4v) is 2.49. The highest BCUT2D eigenvalue weighted by Gasteiger charge is 2.35. The smallest absolute Gasteiger partial charge is 0.307 e. The average molecular weight is 257 g/mol. The Kier molecular flexibility index (Phi) is 6.12. The summed E-state index contributed by atoms with van der Waals surface area (Å²) in [4.78, 5) is 23.1. The first-order chi connectivity index (χ1) is 8.56. The molecule has 1 saturated carbocycles. The first-order valence-corrected chi connectivity index (χ1v) is 6.55. The molecule has 1 aliphatic carbocycles. The van der Waals surface area contributed by atoms with Gasteiger partial charge >= 0.3 is 5.97 Å². The van der Waals surface area contributed by atoms with E-state index in [1.165, 1.54) is 0 Å². The number of carbonyl (C=O) groups is 2. The van der Waals surface area contributed by atoms with Crippen molar-refractivity contribution in [2.24, 2.45) is 17.8 Å². The molecule has 0 heterocycles. The van der Waals surface area contributed by atoms with Crippen LogP contribution in [-0.4, -0.2) is 37.2 Å². The Morgan fingerprint density at radius 3 is 2.50 bits per heavy atom. The minimum absolute atomic E-state index is 0.120. The van der Waals surface area contributed by atoms with Gasteiger partial charge in [0.25, 0.3) is 0 Å². The number of carboxylic acid groups (broad SMARTS) is 1. The number of aliphatic carboxylic acids is 1. The van der Waals surface area contributed by atoms with Crippen LogP contribution in [0, 0.1) is 17.8 Å². The van der Waals surface area contributed by atoms with E-state index in [0.717, 1.165) is 12.8 Å². The Morgan fingerprint density at radius 1 is 1.33 bits per heavy atom. The van der Waals surface area contributed by atoms with Gasteiger partial charge in [0.05, 0.1) is 18.4 Å². The molecule has 1 unspecified atom stereocenters. The molecule has 0 aliphatic heterocycles. The van der Waals surface area contributed by atoms with E-state index in [9.17, 15) is 9.59 Å². The molecule has 0 saturated heterocycles. The summed E-state index contributed by atoms with van der Waals surface area (Å²) in [7, 11) is 1.62. The van der Waals surface area contributed by atoms with E-state index in [1.54, 1.807) is 7.11 Å². The number of carbonyl (C=O) groups excluding carboxylic acids is 1. The normalized spacial score (nSPS) is 25.4. The second-order valence-corrected chi connectivity index (χ2v) is 5.14. The minimum Gasteiger partial charge on any atom is -0.481 e. The van der Waals surface area contributed by atoms with Crippen molar-refractivity contribution in [3.8, 4) is 0 Å². The lowest BCUT2D eigenvalue weighted by Gasteiger charge is -2.27. The summed E-state index contributed by atoms with van der Waals surface area (Å²) < 4.78 is 5.00. The SMILES string of the molecule is COCC(C)CNC(=O)[C@@H]1CCCC[C@@H]1C(=O)O. The highest BCUT2D eigenvalue weighted by atomic mass is 16.5. The van der Waals surface area contributed by atoms with Crippen molar-refractivity contribution in [3.63, 3.8) is 0 Å². The van der Waals surface area contributed by atoms with Crippen molar-refractivity contribution >= 4 is 11.9 Å². The molecule has 2 N–H and O–H groups in total. The summed E-state index contributed by atoms with van der Waals surface area (Å²) in [6.45, 7) is 3.11. The van der Waals surface area contributed by atoms with Gasteiger partial charge in [-0.25, -0.2) is 0 Å². The van der Waals surface area contributed by atoms with E-state index in [2.05, 4.69) is 5.32 Å². The van der Waals surface area contributed by atoms with Crippen molar-refractivity contribution in [2.75, 3.05) is 20.3 Å². The standard InChI is InChI=1S/C13H23NO4/c1-9(8-18-2)7-14-12(15)10-5-3-4-6-11(10)13(16)17/h9-11H,3-8H2,1-2H3,(H,14,15)(H,16,17)/t9?,10-,11+/m1/s1. The van der Waals surface area contributed by atoms with Crippen LogP contribution in [0.1, 0.15) is 32.6 Å². The van der Waals surface area contributed by atoms with Crippen LogP contribution in [0.15, 0.2) is 0 Å². The second kappa shape index (κ2) is 7.36. The molecule has 0 radical (unpaired) electrons. The minimum atomic E-state index is -0.847. The fraction of sp³-hybridized carbons (Fsp3) is 0.846. The molecule has 1 fully saturated rings. The first kappa shape index (κ1) is 15.0. The quantitative estimate of drug-likeness (QED) is 0.751. The van der Waals surface area contributed by atoms with Crippen molar-refractivity contribution in [3.05, 3.63) is 0 Å². The van der Waals surface area contributed by atoms with Crippen LogP contribution in [0.25, 0.3) is 0 Å². The molecular formula is C13H23NO4. The van der Waals surface area contributed by atoms with Crippen LogP contribution < -0.4 is 5.32 Å². The lowest BCUT2D eigenvalue weighted by molar-refractivity contribution is -0.149. The van der Waals surface area contributed by atoms with Gasteiger partial charge in [0.1, 0.15) is 0 Å². The maximum absolute atomic E-state index is 12.0. The Bertz CT molecular complexity index is 293. The number of carboxylic acids is 1. The van der Waals surface area contributed by atoms with E-state index < -0.39 is 11.9 Å². The molecule has 5 nitrogen and oxygen atoms in total. The van der Waals surface area contributed by atoms with Gasteiger partial charge in [0.2, 0.25) is 5.91 Å². The highest BCUT2D eigenvalue weighted by Crippen LogP contribution is 2.30. The Balaban J connectivity index is 2.45. The number of hydrogen-bond donors (Lipinski definition) is 2. The number of amides is 1. The number of hydrogen-bond acceptors (Lipinski definition) is 3. The topological polar surface area (TPSA) is 75.6 Å². The fourth-order valence-electron chi connectivity index (χ4n) is 2.49. The van der Waals surface area contributed by atoms with Crippen molar-refractivity contribution in [1.29, 1.82) is 0 Å². The molecule has 1 aliphatic rings. The van der Waals surface area contributed by atoms with Gasteiger partial charge in [-0.15, -0.1) is 0 Å². The van der Waals surface area contributed by atoms with Crippen molar-refractivity contribution < 1.29 is 19.4 Å². The summed E-state index contributed by atoms with van der Waals surface area (Å²) in [6, 6.07) is 0. The van der Waals surface area contributed by atoms with Gasteiger partial charge in [-0.1, -0.05) is 19.8 Å². The number of methoxy groups -OCH3 is 1. The van der Waals surface area contributed by atoms with E-state index in [-0.39, 0.29) is 17.7 Å². The summed E-state index contributed by atoms with van der Waals surface area (Å²) in [5.41, 5.74) is 0. The third-order valence-corrected chi connectivity index (χ3v) is 3.50. The Hall–Kier alpha value is -1.10. The van der Waals surface area contributed by atoms with Crippen molar-refractivity contribution in [2.45, 2.75) is 32.6 Å². The molecule has 1 amide bonds. The van der Waals surface area contributed by atoms with Crippen LogP contribution in [-0.2, 0) is 14.3 Å². The predicted molar refractivity (Wildman–Crippen MR) is 67.1 cm³/mol. The van der Waals surface area contributed by atoms with Crippen molar-refractivity contribution in [1.82, 2.24) is 5.32 Å². The monoisotopic (exact) mass is 257 g/mol. The van der Waals surface area contributed by atoms with Crippen LogP contribution in [0.3, 0.4) is 0 Å². The molecule has 1 rings (SSSR count). The molecule has 0 aromatic carbocycles. The van der Waals surface area contributed by atoms with Gasteiger partial charge < -0.3 is 15.2 Å². The Labute approximate surface area is 108 Å². The third kappa shape index (κ3) is 4.29. The number of rotatable bonds is 6. The lowest BCUT2D eigenvalue weighted by Crippen LogP contribution is -2.41. The van der Waals surface area contributed by atoms with Gasteiger partial charge in [-0.3, -0.25) is 9.59 Å². The van der Waals surface area contributed by atoms with E-state index >= 15 is 0 Å². The van der Waals surface area contributed by atoms with Crippen LogP contribution in [0.5, 0.6) is 0 Å². The van der Waals surface area contributed by atoms with Gasteiger partial charge in [-0.05, 0) is 18.8 Å². The molecular weight excluding hydrogens is 234 g/mol. The zero-order valence-corrected chi connectivity index (χ0v) is 11.1. The molecule has 104 valence electrons. The predicted octanol–water partition coefficient (Wildman–Crippen LogP) is 1.28. The second-order valence-electron chi connectivity index (χ2n) is 5.14. The average Bonchev–Trinajstić information content (AvgIpc) is 2.36. The van der Waals surface area contributed by atoms with Gasteiger partial charge in [0, 0.05) is 13.7 Å². The lowest BCUT2D eigenvalue weighted by atomic mass is 9.78. The maximum atomic E-state index is 12.0. The zero-order chi connectivity index (χ0) is 13.5. The summed E-state index contributed by atoms with van der Waals surface area (Å²) >= 11 is 0. The van der Waals surface area contributed by atoms with E-state index in [1.807, 2.05) is 6.92 Å². The van der Waals surface area contributed by atoms with Crippen LogP contribution >= 0.6 is 0 Å². The molecule has 0 bridgehead atoms. The highest BCUT2D eigenvalue weighted by molar-refractivity contribution is 5.84. The van der Waals surface area contributed by atoms with E-state index in [0.29, 0.717) is 26.0 Å². The molecule has 3 atom stereocenters. The van der Waals surface area contributed by atoms with Gasteiger partial charge in [-0.2, -0.15) is 0 Å². The largest absolute Gasteiger partial charge is 0.481 e. The molecule has 0 spiro atoms. The van der Waals surface area contributed by atoms with Crippen LogP contribution in [0.4, 0.5) is 0 Å².